The van der Waals surface area contributed by atoms with E-state index in [1.807, 2.05) is 12.1 Å². The Morgan fingerprint density at radius 3 is 2.33 bits per heavy atom. The molecule has 0 bridgehead atoms. The van der Waals surface area contributed by atoms with E-state index in [0.29, 0.717) is 34.8 Å². The number of carbonyl (C=O) groups is 2. The smallest absolute Gasteiger partial charge is 0.261 e. The van der Waals surface area contributed by atoms with Crippen molar-refractivity contribution in [1.82, 2.24) is 4.90 Å². The normalized spacial score (nSPS) is 13.7. The van der Waals surface area contributed by atoms with E-state index in [1.54, 1.807) is 30.3 Å². The second-order valence-corrected chi connectivity index (χ2v) is 5.38. The molecule has 2 aromatic carbocycles. The van der Waals surface area contributed by atoms with Gasteiger partial charge in [-0.2, -0.15) is 0 Å². The summed E-state index contributed by atoms with van der Waals surface area (Å²) < 4.78 is 0. The summed E-state index contributed by atoms with van der Waals surface area (Å²) in [7, 11) is 0. The zero-order valence-corrected chi connectivity index (χ0v) is 11.9. The summed E-state index contributed by atoms with van der Waals surface area (Å²) in [4.78, 5) is 25.8. The summed E-state index contributed by atoms with van der Waals surface area (Å²) in [6.45, 7) is 0.341. The van der Waals surface area contributed by atoms with Gasteiger partial charge in [0.1, 0.15) is 0 Å². The highest BCUT2D eigenvalue weighted by molar-refractivity contribution is 6.30. The van der Waals surface area contributed by atoms with Gasteiger partial charge in [-0.3, -0.25) is 14.5 Å². The first kappa shape index (κ1) is 13.6. The number of imide groups is 1. The van der Waals surface area contributed by atoms with Crippen LogP contribution in [0.15, 0.2) is 42.5 Å². The van der Waals surface area contributed by atoms with Crippen LogP contribution in [0.3, 0.4) is 0 Å². The van der Waals surface area contributed by atoms with Crippen LogP contribution < -0.4 is 5.73 Å². The van der Waals surface area contributed by atoms with Crippen LogP contribution in [0.2, 0.25) is 5.02 Å². The summed E-state index contributed by atoms with van der Waals surface area (Å²) in [5.74, 6) is -0.541. The second kappa shape index (κ2) is 5.22. The summed E-state index contributed by atoms with van der Waals surface area (Å²) in [6, 6.07) is 12.1. The molecule has 106 valence electrons. The number of halogens is 1. The molecule has 2 N–H and O–H groups in total. The number of anilines is 1. The lowest BCUT2D eigenvalue weighted by Crippen LogP contribution is -2.31. The van der Waals surface area contributed by atoms with E-state index in [2.05, 4.69) is 0 Å². The predicted octanol–water partition coefficient (Wildman–Crippen LogP) is 2.76. The van der Waals surface area contributed by atoms with E-state index in [4.69, 9.17) is 17.3 Å². The van der Waals surface area contributed by atoms with Gasteiger partial charge in [0.25, 0.3) is 11.8 Å². The minimum atomic E-state index is -0.281. The van der Waals surface area contributed by atoms with Gasteiger partial charge in [0.05, 0.1) is 11.1 Å². The van der Waals surface area contributed by atoms with Crippen molar-refractivity contribution in [3.8, 4) is 0 Å². The largest absolute Gasteiger partial charge is 0.399 e. The number of fused-ring (bicyclic) bond motifs is 1. The molecule has 4 nitrogen and oxygen atoms in total. The summed E-state index contributed by atoms with van der Waals surface area (Å²) in [6.07, 6.45) is 0.595. The number of hydrogen-bond acceptors (Lipinski definition) is 3. The lowest BCUT2D eigenvalue weighted by atomic mass is 10.1. The average Bonchev–Trinajstić information content (AvgIpc) is 2.70. The number of carbonyl (C=O) groups excluding carboxylic acids is 2. The Morgan fingerprint density at radius 1 is 0.952 bits per heavy atom. The molecule has 1 aliphatic heterocycles. The third-order valence-electron chi connectivity index (χ3n) is 3.53. The van der Waals surface area contributed by atoms with Crippen molar-refractivity contribution in [2.75, 3.05) is 12.3 Å². The van der Waals surface area contributed by atoms with Gasteiger partial charge in [0.2, 0.25) is 0 Å². The maximum absolute atomic E-state index is 12.3. The first-order valence-electron chi connectivity index (χ1n) is 6.56. The van der Waals surface area contributed by atoms with Crippen LogP contribution in [-0.2, 0) is 6.42 Å². The monoisotopic (exact) mass is 300 g/mol. The van der Waals surface area contributed by atoms with Gasteiger partial charge in [-0.1, -0.05) is 23.7 Å². The van der Waals surface area contributed by atoms with Crippen molar-refractivity contribution >= 4 is 29.1 Å². The summed E-state index contributed by atoms with van der Waals surface area (Å²) in [5.41, 5.74) is 7.98. The van der Waals surface area contributed by atoms with Crippen molar-refractivity contribution < 1.29 is 9.59 Å². The fourth-order valence-corrected chi connectivity index (χ4v) is 2.53. The molecular weight excluding hydrogens is 288 g/mol. The van der Waals surface area contributed by atoms with E-state index in [-0.39, 0.29) is 11.8 Å². The zero-order valence-electron chi connectivity index (χ0n) is 11.2. The topological polar surface area (TPSA) is 63.4 Å². The number of hydrogen-bond donors (Lipinski definition) is 1. The standard InChI is InChI=1S/C16H13ClN2O2/c17-11-3-1-10(2-4-11)7-8-19-15(20)13-6-5-12(18)9-14(13)16(19)21/h1-6,9H,7-8,18H2. The first-order valence-corrected chi connectivity index (χ1v) is 6.94. The molecule has 3 rings (SSSR count). The summed E-state index contributed by atoms with van der Waals surface area (Å²) >= 11 is 5.83. The number of nitrogens with zero attached hydrogens (tertiary/aromatic N) is 1. The van der Waals surface area contributed by atoms with Crippen molar-refractivity contribution in [3.63, 3.8) is 0 Å². The maximum Gasteiger partial charge on any atom is 0.261 e. The predicted molar refractivity (Wildman–Crippen MR) is 81.4 cm³/mol. The van der Waals surface area contributed by atoms with Gasteiger partial charge >= 0.3 is 0 Å². The van der Waals surface area contributed by atoms with Crippen molar-refractivity contribution in [3.05, 3.63) is 64.2 Å². The molecule has 0 aliphatic carbocycles. The molecule has 0 atom stereocenters. The molecule has 2 aromatic rings. The lowest BCUT2D eigenvalue weighted by molar-refractivity contribution is 0.0656. The molecule has 0 aromatic heterocycles. The molecule has 1 aliphatic rings. The molecule has 0 saturated heterocycles. The van der Waals surface area contributed by atoms with E-state index in [0.717, 1.165) is 5.56 Å². The van der Waals surface area contributed by atoms with Gasteiger partial charge in [-0.05, 0) is 42.3 Å². The van der Waals surface area contributed by atoms with Crippen LogP contribution in [0.25, 0.3) is 0 Å². The van der Waals surface area contributed by atoms with Gasteiger partial charge in [-0.15, -0.1) is 0 Å². The van der Waals surface area contributed by atoms with Crippen LogP contribution in [0.4, 0.5) is 5.69 Å². The number of nitrogens with two attached hydrogens (primary N) is 1. The molecule has 21 heavy (non-hydrogen) atoms. The highest BCUT2D eigenvalue weighted by Crippen LogP contribution is 2.25. The van der Waals surface area contributed by atoms with Gasteiger partial charge in [-0.25, -0.2) is 0 Å². The SMILES string of the molecule is Nc1ccc2c(c1)C(=O)N(CCc1ccc(Cl)cc1)C2=O. The fraction of sp³-hybridized carbons (Fsp3) is 0.125. The highest BCUT2D eigenvalue weighted by atomic mass is 35.5. The number of nitrogen functional groups attached to an aromatic ring is 1. The van der Waals surface area contributed by atoms with Crippen LogP contribution in [-0.4, -0.2) is 23.3 Å². The van der Waals surface area contributed by atoms with Crippen molar-refractivity contribution in [1.29, 1.82) is 0 Å². The Morgan fingerprint density at radius 2 is 1.62 bits per heavy atom. The maximum atomic E-state index is 12.3. The third kappa shape index (κ3) is 2.50. The number of benzene rings is 2. The van der Waals surface area contributed by atoms with E-state index < -0.39 is 0 Å². The zero-order chi connectivity index (χ0) is 15.0. The quantitative estimate of drug-likeness (QED) is 0.700. The van der Waals surface area contributed by atoms with Crippen LogP contribution in [0, 0.1) is 0 Å². The molecule has 0 fully saturated rings. The Labute approximate surface area is 127 Å². The number of rotatable bonds is 3. The molecule has 5 heteroatoms. The van der Waals surface area contributed by atoms with E-state index in [1.165, 1.54) is 4.90 Å². The molecule has 0 radical (unpaired) electrons. The minimum absolute atomic E-state index is 0.260. The Kier molecular flexibility index (Phi) is 3.39. The fourth-order valence-electron chi connectivity index (χ4n) is 2.40. The van der Waals surface area contributed by atoms with Crippen molar-refractivity contribution in [2.45, 2.75) is 6.42 Å². The molecule has 0 unspecified atom stereocenters. The molecule has 2 amide bonds. The van der Waals surface area contributed by atoms with Gasteiger partial charge in [0, 0.05) is 17.3 Å². The van der Waals surface area contributed by atoms with E-state index in [9.17, 15) is 9.59 Å². The van der Waals surface area contributed by atoms with Crippen LogP contribution >= 0.6 is 11.6 Å². The molecule has 1 heterocycles. The van der Waals surface area contributed by atoms with Crippen molar-refractivity contribution in [2.24, 2.45) is 0 Å². The average molecular weight is 301 g/mol. The molecular formula is C16H13ClN2O2. The molecule has 0 spiro atoms. The molecule has 0 saturated carbocycles. The summed E-state index contributed by atoms with van der Waals surface area (Å²) in [5, 5.41) is 0.662. The van der Waals surface area contributed by atoms with Crippen LogP contribution in [0.5, 0.6) is 0 Å². The highest BCUT2D eigenvalue weighted by Gasteiger charge is 2.35. The minimum Gasteiger partial charge on any atom is -0.399 e. The lowest BCUT2D eigenvalue weighted by Gasteiger charge is -2.13. The second-order valence-electron chi connectivity index (χ2n) is 4.94. The van der Waals surface area contributed by atoms with Crippen LogP contribution in [0.1, 0.15) is 26.3 Å². The Balaban J connectivity index is 1.77. The Hall–Kier alpha value is -2.33. The third-order valence-corrected chi connectivity index (χ3v) is 3.78. The number of amides is 2. The Bertz CT molecular complexity index is 726. The van der Waals surface area contributed by atoms with Gasteiger partial charge < -0.3 is 5.73 Å². The van der Waals surface area contributed by atoms with E-state index >= 15 is 0 Å². The first-order chi connectivity index (χ1) is 10.1. The van der Waals surface area contributed by atoms with Gasteiger partial charge in [0.15, 0.2) is 0 Å².